The minimum Gasteiger partial charge on any atom is -0.370 e. The molecule has 1 aromatic carbocycles. The van der Waals surface area contributed by atoms with Gasteiger partial charge >= 0.3 is 0 Å². The molecule has 0 aromatic heterocycles. The molecule has 20 heavy (non-hydrogen) atoms. The molecule has 0 bridgehead atoms. The lowest BCUT2D eigenvalue weighted by molar-refractivity contribution is -0.146. The molecule has 2 rings (SSSR count). The van der Waals surface area contributed by atoms with E-state index in [1.807, 2.05) is 0 Å². The summed E-state index contributed by atoms with van der Waals surface area (Å²) in [6.07, 6.45) is 4.06. The Morgan fingerprint density at radius 2 is 2.20 bits per heavy atom. The van der Waals surface area contributed by atoms with E-state index in [1.165, 1.54) is 0 Å². The van der Waals surface area contributed by atoms with E-state index in [0.717, 1.165) is 31.2 Å². The summed E-state index contributed by atoms with van der Waals surface area (Å²) in [5.41, 5.74) is 0.127. The third-order valence-electron chi connectivity index (χ3n) is 4.21. The zero-order chi connectivity index (χ0) is 14.8. The first kappa shape index (κ1) is 15.8. The number of benzene rings is 1. The van der Waals surface area contributed by atoms with Crippen LogP contribution < -0.4 is 0 Å². The second-order valence-corrected chi connectivity index (χ2v) is 6.58. The zero-order valence-corrected chi connectivity index (χ0v) is 13.4. The Balaban J connectivity index is 2.19. The molecule has 0 amide bonds. The third-order valence-corrected chi connectivity index (χ3v) is 4.82. The second kappa shape index (κ2) is 6.46. The number of carbonyl (C=O) groups excluding carboxylic acids is 1. The standard InChI is InChI=1S/C16H20Cl2O2/c1-11-4-3-7-16(10-11,20-2)15(19)9-12-8-13(17)5-6-14(12)18/h5-6,8,11H,3-4,7,9-10H2,1-2H3. The fourth-order valence-electron chi connectivity index (χ4n) is 3.07. The quantitative estimate of drug-likeness (QED) is 0.805. The van der Waals surface area contributed by atoms with Crippen LogP contribution in [0.4, 0.5) is 0 Å². The van der Waals surface area contributed by atoms with Gasteiger partial charge in [-0.25, -0.2) is 0 Å². The van der Waals surface area contributed by atoms with E-state index in [2.05, 4.69) is 6.92 Å². The van der Waals surface area contributed by atoms with Crippen molar-refractivity contribution in [3.8, 4) is 0 Å². The lowest BCUT2D eigenvalue weighted by Crippen LogP contribution is -2.45. The molecule has 0 saturated heterocycles. The highest BCUT2D eigenvalue weighted by Crippen LogP contribution is 2.36. The molecule has 110 valence electrons. The van der Waals surface area contributed by atoms with Crippen molar-refractivity contribution >= 4 is 29.0 Å². The van der Waals surface area contributed by atoms with Crippen LogP contribution >= 0.6 is 23.2 Å². The highest BCUT2D eigenvalue weighted by molar-refractivity contribution is 6.33. The SMILES string of the molecule is COC1(C(=O)Cc2cc(Cl)ccc2Cl)CCCC(C)C1. The molecule has 2 unspecified atom stereocenters. The van der Waals surface area contributed by atoms with Crippen molar-refractivity contribution in [3.05, 3.63) is 33.8 Å². The van der Waals surface area contributed by atoms with Crippen molar-refractivity contribution in [2.24, 2.45) is 5.92 Å². The molecule has 0 N–H and O–H groups in total. The summed E-state index contributed by atoms with van der Waals surface area (Å²) in [7, 11) is 1.63. The second-order valence-electron chi connectivity index (χ2n) is 5.74. The molecule has 0 heterocycles. The molecule has 0 spiro atoms. The van der Waals surface area contributed by atoms with E-state index in [-0.39, 0.29) is 12.2 Å². The summed E-state index contributed by atoms with van der Waals surface area (Å²) in [5, 5.41) is 1.18. The monoisotopic (exact) mass is 314 g/mol. The van der Waals surface area contributed by atoms with Crippen LogP contribution in [0.5, 0.6) is 0 Å². The fraction of sp³-hybridized carbons (Fsp3) is 0.562. The summed E-state index contributed by atoms with van der Waals surface area (Å²) in [5.74, 6) is 0.623. The molecule has 2 atom stereocenters. The van der Waals surface area contributed by atoms with Crippen LogP contribution in [0.3, 0.4) is 0 Å². The van der Waals surface area contributed by atoms with Gasteiger partial charge in [0.25, 0.3) is 0 Å². The molecule has 1 fully saturated rings. The summed E-state index contributed by atoms with van der Waals surface area (Å²) < 4.78 is 5.63. The number of Topliss-reactive ketones (excluding diaryl/α,β-unsaturated/α-hetero) is 1. The Kier molecular flexibility index (Phi) is 5.11. The summed E-state index contributed by atoms with van der Waals surface area (Å²) in [4.78, 5) is 12.7. The summed E-state index contributed by atoms with van der Waals surface area (Å²) in [6.45, 7) is 2.17. The Morgan fingerprint density at radius 3 is 2.85 bits per heavy atom. The molecular weight excluding hydrogens is 295 g/mol. The van der Waals surface area contributed by atoms with Crippen molar-refractivity contribution in [1.29, 1.82) is 0 Å². The number of hydrogen-bond donors (Lipinski definition) is 0. The van der Waals surface area contributed by atoms with Crippen molar-refractivity contribution in [2.45, 2.75) is 44.6 Å². The van der Waals surface area contributed by atoms with Crippen LogP contribution in [0.15, 0.2) is 18.2 Å². The van der Waals surface area contributed by atoms with Gasteiger partial charge in [0.2, 0.25) is 0 Å². The van der Waals surface area contributed by atoms with Gasteiger partial charge in [-0.05, 0) is 48.9 Å². The Bertz CT molecular complexity index is 501. The van der Waals surface area contributed by atoms with Gasteiger partial charge in [-0.1, -0.05) is 36.5 Å². The average Bonchev–Trinajstić information content (AvgIpc) is 2.42. The van der Waals surface area contributed by atoms with Gasteiger partial charge < -0.3 is 4.74 Å². The van der Waals surface area contributed by atoms with Crippen LogP contribution in [0.2, 0.25) is 10.0 Å². The number of rotatable bonds is 4. The normalized spacial score (nSPS) is 26.5. The van der Waals surface area contributed by atoms with Crippen molar-refractivity contribution in [1.82, 2.24) is 0 Å². The van der Waals surface area contributed by atoms with E-state index in [1.54, 1.807) is 25.3 Å². The van der Waals surface area contributed by atoms with Crippen molar-refractivity contribution < 1.29 is 9.53 Å². The van der Waals surface area contributed by atoms with E-state index in [4.69, 9.17) is 27.9 Å². The van der Waals surface area contributed by atoms with E-state index in [9.17, 15) is 4.79 Å². The molecule has 0 aliphatic heterocycles. The number of ether oxygens (including phenoxy) is 1. The topological polar surface area (TPSA) is 26.3 Å². The van der Waals surface area contributed by atoms with Gasteiger partial charge in [0, 0.05) is 23.6 Å². The molecule has 1 saturated carbocycles. The predicted octanol–water partition coefficient (Wildman–Crippen LogP) is 4.70. The first-order valence-electron chi connectivity index (χ1n) is 6.99. The Hall–Kier alpha value is -0.570. The van der Waals surface area contributed by atoms with Crippen molar-refractivity contribution in [2.75, 3.05) is 7.11 Å². The fourth-order valence-corrected chi connectivity index (χ4v) is 3.45. The molecule has 2 nitrogen and oxygen atoms in total. The number of ketones is 1. The van der Waals surface area contributed by atoms with Gasteiger partial charge in [-0.2, -0.15) is 0 Å². The zero-order valence-electron chi connectivity index (χ0n) is 11.9. The largest absolute Gasteiger partial charge is 0.370 e. The van der Waals surface area contributed by atoms with Crippen LogP contribution in [0, 0.1) is 5.92 Å². The number of methoxy groups -OCH3 is 1. The van der Waals surface area contributed by atoms with Crippen LogP contribution in [-0.2, 0) is 16.0 Å². The van der Waals surface area contributed by atoms with Gasteiger partial charge in [0.1, 0.15) is 5.60 Å². The highest BCUT2D eigenvalue weighted by atomic mass is 35.5. The Morgan fingerprint density at radius 1 is 1.45 bits per heavy atom. The summed E-state index contributed by atoms with van der Waals surface area (Å²) in [6, 6.07) is 5.22. The third kappa shape index (κ3) is 3.36. The van der Waals surface area contributed by atoms with Crippen LogP contribution in [0.1, 0.15) is 38.2 Å². The molecular formula is C16H20Cl2O2. The summed E-state index contributed by atoms with van der Waals surface area (Å²) >= 11 is 12.1. The van der Waals surface area contributed by atoms with Gasteiger partial charge in [-0.15, -0.1) is 0 Å². The Labute approximate surface area is 130 Å². The smallest absolute Gasteiger partial charge is 0.169 e. The predicted molar refractivity (Wildman–Crippen MR) is 82.5 cm³/mol. The van der Waals surface area contributed by atoms with Gasteiger partial charge in [-0.3, -0.25) is 4.79 Å². The van der Waals surface area contributed by atoms with Gasteiger partial charge in [0.15, 0.2) is 5.78 Å². The highest BCUT2D eigenvalue weighted by Gasteiger charge is 2.41. The molecule has 1 aliphatic carbocycles. The average molecular weight is 315 g/mol. The van der Waals surface area contributed by atoms with Crippen LogP contribution in [0.25, 0.3) is 0 Å². The number of halogens is 2. The molecule has 1 aliphatic rings. The lowest BCUT2D eigenvalue weighted by Gasteiger charge is -2.37. The molecule has 1 aromatic rings. The van der Waals surface area contributed by atoms with Crippen molar-refractivity contribution in [3.63, 3.8) is 0 Å². The van der Waals surface area contributed by atoms with E-state index >= 15 is 0 Å². The maximum absolute atomic E-state index is 12.7. The van der Waals surface area contributed by atoms with Crippen LogP contribution in [-0.4, -0.2) is 18.5 Å². The molecule has 4 heteroatoms. The lowest BCUT2D eigenvalue weighted by atomic mass is 9.75. The maximum atomic E-state index is 12.7. The number of hydrogen-bond acceptors (Lipinski definition) is 2. The van der Waals surface area contributed by atoms with Gasteiger partial charge in [0.05, 0.1) is 0 Å². The molecule has 0 radical (unpaired) electrons. The van der Waals surface area contributed by atoms with E-state index < -0.39 is 5.60 Å². The maximum Gasteiger partial charge on any atom is 0.169 e. The first-order valence-corrected chi connectivity index (χ1v) is 7.75. The minimum absolute atomic E-state index is 0.107. The minimum atomic E-state index is -0.649. The number of carbonyl (C=O) groups is 1. The first-order chi connectivity index (χ1) is 9.47. The van der Waals surface area contributed by atoms with E-state index in [0.29, 0.717) is 16.0 Å².